The highest BCUT2D eigenvalue weighted by atomic mass is 79.9. The second kappa shape index (κ2) is 5.47. The number of aromatic nitrogens is 2. The Morgan fingerprint density at radius 3 is 2.63 bits per heavy atom. The number of nitriles is 2. The number of benzene rings is 1. The molecule has 0 aliphatic heterocycles. The van der Waals surface area contributed by atoms with Crippen LogP contribution >= 0.6 is 15.9 Å². The lowest BCUT2D eigenvalue weighted by Gasteiger charge is -2.08. The molecule has 0 spiro atoms. The maximum absolute atomic E-state index is 9.04. The predicted octanol–water partition coefficient (Wildman–Crippen LogP) is 3.03. The zero-order valence-corrected chi connectivity index (χ0v) is 11.6. The van der Waals surface area contributed by atoms with Crippen LogP contribution in [0.2, 0.25) is 0 Å². The van der Waals surface area contributed by atoms with E-state index in [9.17, 15) is 0 Å². The van der Waals surface area contributed by atoms with Gasteiger partial charge >= 0.3 is 0 Å². The largest absolute Gasteiger partial charge is 0.323 e. The van der Waals surface area contributed by atoms with E-state index in [1.54, 1.807) is 31.2 Å². The quantitative estimate of drug-likeness (QED) is 0.921. The Morgan fingerprint density at radius 1 is 1.16 bits per heavy atom. The molecular formula is C13H8BrN5. The number of halogens is 1. The van der Waals surface area contributed by atoms with Crippen LogP contribution < -0.4 is 5.32 Å². The molecule has 0 aliphatic rings. The molecule has 6 heteroatoms. The van der Waals surface area contributed by atoms with Crippen LogP contribution in [-0.4, -0.2) is 9.97 Å². The Hall–Kier alpha value is -2.44. The third-order valence-electron chi connectivity index (χ3n) is 2.32. The second-order valence-corrected chi connectivity index (χ2v) is 4.67. The Labute approximate surface area is 118 Å². The van der Waals surface area contributed by atoms with Crippen LogP contribution in [0.5, 0.6) is 0 Å². The molecule has 5 nitrogen and oxygen atoms in total. The Morgan fingerprint density at radius 2 is 1.95 bits per heavy atom. The van der Waals surface area contributed by atoms with E-state index in [0.717, 1.165) is 4.47 Å². The monoisotopic (exact) mass is 313 g/mol. The van der Waals surface area contributed by atoms with Gasteiger partial charge in [-0.1, -0.05) is 15.9 Å². The third kappa shape index (κ3) is 3.06. The minimum Gasteiger partial charge on any atom is -0.323 e. The van der Waals surface area contributed by atoms with Crippen LogP contribution in [0.4, 0.5) is 11.6 Å². The van der Waals surface area contributed by atoms with Gasteiger partial charge < -0.3 is 5.32 Å². The fourth-order valence-corrected chi connectivity index (χ4v) is 1.88. The molecule has 1 aromatic carbocycles. The Kier molecular flexibility index (Phi) is 3.74. The number of rotatable bonds is 2. The summed E-state index contributed by atoms with van der Waals surface area (Å²) in [5.41, 5.74) is 2.03. The van der Waals surface area contributed by atoms with Crippen molar-refractivity contribution in [2.45, 2.75) is 6.92 Å². The molecule has 0 saturated carbocycles. The van der Waals surface area contributed by atoms with Gasteiger partial charge in [-0.3, -0.25) is 0 Å². The van der Waals surface area contributed by atoms with Crippen molar-refractivity contribution in [1.29, 1.82) is 10.5 Å². The van der Waals surface area contributed by atoms with Crippen LogP contribution in [0, 0.1) is 29.6 Å². The van der Waals surface area contributed by atoms with Crippen LogP contribution in [0.1, 0.15) is 17.0 Å². The van der Waals surface area contributed by atoms with Crippen molar-refractivity contribution in [3.05, 3.63) is 45.7 Å². The average Bonchev–Trinajstić information content (AvgIpc) is 2.38. The fourth-order valence-electron chi connectivity index (χ4n) is 1.52. The number of hydrogen-bond donors (Lipinski definition) is 1. The SMILES string of the molecule is Cc1cc(C#N)nc(Nc2cc(Br)ccc2C#N)n1. The molecule has 0 unspecified atom stereocenters. The first kappa shape index (κ1) is 13.0. The van der Waals surface area contributed by atoms with E-state index in [1.807, 2.05) is 6.07 Å². The fraction of sp³-hybridized carbons (Fsp3) is 0.0769. The van der Waals surface area contributed by atoms with Crippen molar-refractivity contribution in [2.75, 3.05) is 5.32 Å². The molecule has 19 heavy (non-hydrogen) atoms. The smallest absolute Gasteiger partial charge is 0.228 e. The van der Waals surface area contributed by atoms with Crippen LogP contribution in [0.25, 0.3) is 0 Å². The third-order valence-corrected chi connectivity index (χ3v) is 2.81. The molecule has 92 valence electrons. The van der Waals surface area contributed by atoms with Crippen molar-refractivity contribution >= 4 is 27.6 Å². The van der Waals surface area contributed by atoms with Gasteiger partial charge in [-0.05, 0) is 31.2 Å². The van der Waals surface area contributed by atoms with Gasteiger partial charge in [0.1, 0.15) is 17.8 Å². The minimum absolute atomic E-state index is 0.281. The topological polar surface area (TPSA) is 85.4 Å². The van der Waals surface area contributed by atoms with E-state index in [4.69, 9.17) is 10.5 Å². The minimum atomic E-state index is 0.281. The number of aryl methyl sites for hydroxylation is 1. The van der Waals surface area contributed by atoms with Crippen LogP contribution in [-0.2, 0) is 0 Å². The van der Waals surface area contributed by atoms with Gasteiger partial charge in [-0.2, -0.15) is 10.5 Å². The summed E-state index contributed by atoms with van der Waals surface area (Å²) in [6, 6.07) is 10.9. The Bertz CT molecular complexity index is 712. The zero-order valence-electron chi connectivity index (χ0n) is 9.98. The first-order valence-corrected chi connectivity index (χ1v) is 6.14. The summed E-state index contributed by atoms with van der Waals surface area (Å²) in [5.74, 6) is 0.297. The standard InChI is InChI=1S/C13H8BrN5/c1-8-4-11(7-16)18-13(17-8)19-12-5-10(14)3-2-9(12)6-15/h2-5H,1H3,(H,17,18,19). The van der Waals surface area contributed by atoms with Crippen molar-refractivity contribution < 1.29 is 0 Å². The molecule has 0 fully saturated rings. The summed E-state index contributed by atoms with van der Waals surface area (Å²) in [6.45, 7) is 1.78. The number of nitrogens with one attached hydrogen (secondary N) is 1. The van der Waals surface area contributed by atoms with Gasteiger partial charge in [-0.15, -0.1) is 0 Å². The molecule has 1 aromatic heterocycles. The summed E-state index contributed by atoms with van der Waals surface area (Å²) in [6.07, 6.45) is 0. The van der Waals surface area contributed by atoms with Crippen molar-refractivity contribution in [1.82, 2.24) is 9.97 Å². The highest BCUT2D eigenvalue weighted by Crippen LogP contribution is 2.23. The average molecular weight is 314 g/mol. The van der Waals surface area contributed by atoms with Crippen LogP contribution in [0.3, 0.4) is 0 Å². The number of anilines is 2. The normalized spacial score (nSPS) is 9.47. The zero-order chi connectivity index (χ0) is 13.8. The molecule has 0 amide bonds. The van der Waals surface area contributed by atoms with Crippen molar-refractivity contribution in [2.24, 2.45) is 0 Å². The molecular weight excluding hydrogens is 306 g/mol. The maximum Gasteiger partial charge on any atom is 0.228 e. The van der Waals surface area contributed by atoms with E-state index in [2.05, 4.69) is 37.3 Å². The molecule has 1 heterocycles. The molecule has 0 aliphatic carbocycles. The molecule has 0 bridgehead atoms. The maximum atomic E-state index is 9.04. The van der Waals surface area contributed by atoms with Gasteiger partial charge in [-0.25, -0.2) is 9.97 Å². The lowest BCUT2D eigenvalue weighted by Crippen LogP contribution is -2.01. The second-order valence-electron chi connectivity index (χ2n) is 3.76. The predicted molar refractivity (Wildman–Crippen MR) is 73.6 cm³/mol. The van der Waals surface area contributed by atoms with Crippen molar-refractivity contribution in [3.63, 3.8) is 0 Å². The van der Waals surface area contributed by atoms with E-state index in [0.29, 0.717) is 22.9 Å². The van der Waals surface area contributed by atoms with E-state index in [-0.39, 0.29) is 5.69 Å². The molecule has 0 radical (unpaired) electrons. The summed E-state index contributed by atoms with van der Waals surface area (Å²) >= 11 is 3.34. The first-order valence-electron chi connectivity index (χ1n) is 5.35. The van der Waals surface area contributed by atoms with Crippen molar-refractivity contribution in [3.8, 4) is 12.1 Å². The Balaban J connectivity index is 2.42. The molecule has 2 aromatic rings. The molecule has 0 atom stereocenters. The van der Waals surface area contributed by atoms with E-state index in [1.165, 1.54) is 0 Å². The number of hydrogen-bond acceptors (Lipinski definition) is 5. The van der Waals surface area contributed by atoms with Gasteiger partial charge in [0, 0.05) is 10.2 Å². The van der Waals surface area contributed by atoms with E-state index >= 15 is 0 Å². The van der Waals surface area contributed by atoms with Gasteiger partial charge in [0.15, 0.2) is 0 Å². The summed E-state index contributed by atoms with van der Waals surface area (Å²) in [4.78, 5) is 8.23. The van der Waals surface area contributed by atoms with Gasteiger partial charge in [0.2, 0.25) is 5.95 Å². The molecule has 2 rings (SSSR count). The molecule has 1 N–H and O–H groups in total. The summed E-state index contributed by atoms with van der Waals surface area (Å²) in [5, 5.41) is 20.9. The highest BCUT2D eigenvalue weighted by molar-refractivity contribution is 9.10. The molecule has 0 saturated heterocycles. The van der Waals surface area contributed by atoms with Gasteiger partial charge in [0.05, 0.1) is 11.3 Å². The van der Waals surface area contributed by atoms with Crippen LogP contribution in [0.15, 0.2) is 28.7 Å². The summed E-state index contributed by atoms with van der Waals surface area (Å²) < 4.78 is 0.835. The lowest BCUT2D eigenvalue weighted by atomic mass is 10.2. The lowest BCUT2D eigenvalue weighted by molar-refractivity contribution is 1.09. The van der Waals surface area contributed by atoms with E-state index < -0.39 is 0 Å². The number of nitrogens with zero attached hydrogens (tertiary/aromatic N) is 4. The summed E-state index contributed by atoms with van der Waals surface area (Å²) in [7, 11) is 0. The highest BCUT2D eigenvalue weighted by Gasteiger charge is 2.06. The van der Waals surface area contributed by atoms with Gasteiger partial charge in [0.25, 0.3) is 0 Å². The first-order chi connectivity index (χ1) is 9.12.